The van der Waals surface area contributed by atoms with Crippen LogP contribution in [0.15, 0.2) is 169 Å². The van der Waals surface area contributed by atoms with Crippen molar-refractivity contribution in [3.63, 3.8) is 0 Å². The quantitative estimate of drug-likeness (QED) is 0.0955. The first-order chi connectivity index (χ1) is 27.3. The van der Waals surface area contributed by atoms with Crippen LogP contribution in [0, 0.1) is 0 Å². The number of hydrogen-bond acceptors (Lipinski definition) is 0. The fourth-order valence-electron chi connectivity index (χ4n) is 13.8. The van der Waals surface area contributed by atoms with Crippen LogP contribution in [0.25, 0.3) is 34.4 Å². The van der Waals surface area contributed by atoms with Crippen molar-refractivity contribution >= 4 is 25.7 Å². The zero-order valence-corrected chi connectivity index (χ0v) is 39.2. The Balaban J connectivity index is 1.69. The van der Waals surface area contributed by atoms with Crippen molar-refractivity contribution in [3.05, 3.63) is 191 Å². The molecule has 0 saturated heterocycles. The minimum absolute atomic E-state index is 0.246. The van der Waals surface area contributed by atoms with Gasteiger partial charge < -0.3 is 0 Å². The summed E-state index contributed by atoms with van der Waals surface area (Å²) in [6, 6.07) is 61.8. The predicted octanol–water partition coefficient (Wildman–Crippen LogP) is 13.8. The molecule has 0 fully saturated rings. The number of hydrogen-bond donors (Lipinski definition) is 0. The summed E-state index contributed by atoms with van der Waals surface area (Å²) in [4.78, 5) is 0. The first-order valence-corrected chi connectivity index (χ1v) is 42.8. The standard InChI is InChI=1S/2C17H15.2C6H5.2C4H9.Hf.H2Si/c2*1-2-13-11-15-9-6-10-16(17(15)12-13)14-7-4-3-5-8-14;2*1-2-4-6-5-3-1;2*1-3-4-2;;/h2*3-12H,2H2,1H3;2*1-5H;2*1,3-4H2,2H3;;1H2. The van der Waals surface area contributed by atoms with E-state index in [1.54, 1.807) is 28.9 Å². The minimum atomic E-state index is -6.47. The van der Waals surface area contributed by atoms with E-state index in [9.17, 15) is 0 Å². The van der Waals surface area contributed by atoms with Crippen LogP contribution in [0.4, 0.5) is 0 Å². The fourth-order valence-corrected chi connectivity index (χ4v) is 90.1. The molecule has 2 aliphatic rings. The van der Waals surface area contributed by atoms with Crippen LogP contribution in [0.1, 0.15) is 95.8 Å². The topological polar surface area (TPSA) is 0 Å². The molecule has 0 aliphatic heterocycles. The van der Waals surface area contributed by atoms with Gasteiger partial charge in [0.2, 0.25) is 0 Å². The molecule has 2 atom stereocenters. The van der Waals surface area contributed by atoms with Crippen molar-refractivity contribution in [1.82, 2.24) is 0 Å². The molecule has 284 valence electrons. The van der Waals surface area contributed by atoms with Gasteiger partial charge in [-0.05, 0) is 0 Å². The maximum absolute atomic E-state index is 6.47. The van der Waals surface area contributed by atoms with E-state index < -0.39 is 14.2 Å². The van der Waals surface area contributed by atoms with Crippen LogP contribution in [-0.2, 0) is 14.2 Å². The normalized spacial score (nSPS) is 18.1. The van der Waals surface area contributed by atoms with Gasteiger partial charge in [0, 0.05) is 0 Å². The van der Waals surface area contributed by atoms with Gasteiger partial charge in [-0.15, -0.1) is 0 Å². The van der Waals surface area contributed by atoms with Crippen LogP contribution in [0.2, 0.25) is 8.35 Å². The van der Waals surface area contributed by atoms with Crippen molar-refractivity contribution in [1.29, 1.82) is 0 Å². The van der Waals surface area contributed by atoms with E-state index in [1.165, 1.54) is 54.6 Å². The molecule has 0 saturated carbocycles. The fraction of sp³-hybridized carbons (Fsp3) is 0.259. The predicted molar refractivity (Wildman–Crippen MR) is 246 cm³/mol. The summed E-state index contributed by atoms with van der Waals surface area (Å²) in [5.74, 6) is 0. The van der Waals surface area contributed by atoms with Crippen molar-refractivity contribution in [2.45, 2.75) is 81.9 Å². The van der Waals surface area contributed by atoms with Crippen molar-refractivity contribution in [2.24, 2.45) is 0 Å². The monoisotopic (exact) mass is 916 g/mol. The van der Waals surface area contributed by atoms with E-state index in [1.807, 2.05) is 0 Å². The molecular formula is C54H60HfSi. The molecule has 0 N–H and O–H groups in total. The molecule has 0 nitrogen and oxygen atoms in total. The molecule has 0 radical (unpaired) electrons. The van der Waals surface area contributed by atoms with Gasteiger partial charge >= 0.3 is 335 Å². The number of benzene rings is 6. The third-order valence-electron chi connectivity index (χ3n) is 16.0. The summed E-state index contributed by atoms with van der Waals surface area (Å²) in [6.45, 7) is 12.5. The van der Waals surface area contributed by atoms with Crippen molar-refractivity contribution in [3.8, 4) is 22.3 Å². The Kier molecular flexibility index (Phi) is 9.73. The Morgan fingerprint density at radius 2 is 0.786 bits per heavy atom. The van der Waals surface area contributed by atoms with Crippen LogP contribution >= 0.6 is 0 Å². The third-order valence-corrected chi connectivity index (χ3v) is 88.8. The second-order valence-corrected chi connectivity index (χ2v) is 78.8. The molecule has 6 aromatic carbocycles. The van der Waals surface area contributed by atoms with Gasteiger partial charge in [0.05, 0.1) is 0 Å². The Morgan fingerprint density at radius 1 is 0.429 bits per heavy atom. The second kappa shape index (κ2) is 14.1. The van der Waals surface area contributed by atoms with Gasteiger partial charge in [-0.1, -0.05) is 0 Å². The molecule has 0 spiro atoms. The van der Waals surface area contributed by atoms with E-state index in [-0.39, 0.29) is 7.35 Å². The first kappa shape index (κ1) is 38.7. The van der Waals surface area contributed by atoms with Crippen LogP contribution in [0.3, 0.4) is 0 Å². The molecule has 8 rings (SSSR count). The van der Waals surface area contributed by atoms with E-state index in [0.29, 0.717) is 0 Å². The summed E-state index contributed by atoms with van der Waals surface area (Å²) in [7, 11) is 0. The molecule has 0 bridgehead atoms. The Labute approximate surface area is 332 Å². The maximum atomic E-state index is 2.69. The van der Waals surface area contributed by atoms with Crippen LogP contribution in [-0.4, -0.2) is 6.94 Å². The summed E-state index contributed by atoms with van der Waals surface area (Å²) >= 11 is -6.47. The number of rotatable bonds is 14. The molecular weight excluding hydrogens is 855 g/mol. The van der Waals surface area contributed by atoms with E-state index in [4.69, 9.17) is 0 Å². The second-order valence-electron chi connectivity index (χ2n) is 18.2. The van der Waals surface area contributed by atoms with Crippen LogP contribution in [0.5, 0.6) is 0 Å². The van der Waals surface area contributed by atoms with Crippen molar-refractivity contribution in [2.75, 3.05) is 0 Å². The van der Waals surface area contributed by atoms with Gasteiger partial charge in [0.25, 0.3) is 0 Å². The third kappa shape index (κ3) is 4.91. The summed E-state index contributed by atoms with van der Waals surface area (Å²) in [5, 5.41) is 0. The number of allylic oxidation sites excluding steroid dienone is 2. The van der Waals surface area contributed by atoms with E-state index in [0.717, 1.165) is 25.7 Å². The average molecular weight is 916 g/mol. The number of fused-ring (bicyclic) bond motifs is 2. The summed E-state index contributed by atoms with van der Waals surface area (Å²) in [5.41, 5.74) is 14.6. The van der Waals surface area contributed by atoms with Gasteiger partial charge in [-0.3, -0.25) is 0 Å². The molecule has 2 heteroatoms. The first-order valence-electron chi connectivity index (χ1n) is 21.6. The summed E-state index contributed by atoms with van der Waals surface area (Å²) < 4.78 is 6.23. The zero-order chi connectivity index (χ0) is 38.9. The van der Waals surface area contributed by atoms with Crippen molar-refractivity contribution < 1.29 is 14.2 Å². The summed E-state index contributed by atoms with van der Waals surface area (Å²) in [6.07, 6.45) is 12.1. The average Bonchev–Trinajstić information content (AvgIpc) is 3.88. The molecule has 2 unspecified atom stereocenters. The van der Waals surface area contributed by atoms with Gasteiger partial charge in [-0.25, -0.2) is 0 Å². The van der Waals surface area contributed by atoms with E-state index in [2.05, 4.69) is 205 Å². The Hall–Kier alpha value is -4.11. The zero-order valence-electron chi connectivity index (χ0n) is 34.2. The molecule has 56 heavy (non-hydrogen) atoms. The molecule has 2 aliphatic carbocycles. The Bertz CT molecular complexity index is 2390. The molecule has 6 aromatic rings. The number of unbranched alkanes of at least 4 members (excludes halogenated alkanes) is 2. The Morgan fingerprint density at radius 3 is 1.12 bits per heavy atom. The molecule has 0 amide bonds. The molecule has 0 heterocycles. The van der Waals surface area contributed by atoms with Gasteiger partial charge in [0.1, 0.15) is 0 Å². The van der Waals surface area contributed by atoms with Gasteiger partial charge in [0.15, 0.2) is 0 Å². The van der Waals surface area contributed by atoms with Crippen LogP contribution < -0.4 is 6.64 Å². The SMILES string of the molecule is CCC[CH2][Hf](=[SiH2])([CH2]CCC)([c]1ccccc1)([c]1ccccc1)([CH]1C(CC)=Cc2c(-c3ccccc3)cccc21)[CH]1C(CC)=Cc2c(-c3ccccc3)cccc21. The molecule has 0 aromatic heterocycles. The van der Waals surface area contributed by atoms with Gasteiger partial charge in [-0.2, -0.15) is 0 Å². The van der Waals surface area contributed by atoms with E-state index >= 15 is 0 Å².